The molecule has 0 unspecified atom stereocenters. The molecule has 0 aliphatic rings. The van der Waals surface area contributed by atoms with Gasteiger partial charge in [-0.1, -0.05) is 6.07 Å². The van der Waals surface area contributed by atoms with Crippen molar-refractivity contribution in [3.63, 3.8) is 0 Å². The van der Waals surface area contributed by atoms with Crippen molar-refractivity contribution in [2.75, 3.05) is 14.2 Å². The summed E-state index contributed by atoms with van der Waals surface area (Å²) in [7, 11) is 1.26. The molecule has 1 aromatic carbocycles. The van der Waals surface area contributed by atoms with Gasteiger partial charge in [0.15, 0.2) is 0 Å². The zero-order valence-electron chi connectivity index (χ0n) is 14.0. The first kappa shape index (κ1) is 18.1. The van der Waals surface area contributed by atoms with Gasteiger partial charge in [0.05, 0.1) is 42.9 Å². The van der Waals surface area contributed by atoms with E-state index in [2.05, 4.69) is 9.97 Å². The van der Waals surface area contributed by atoms with Crippen LogP contribution in [0.3, 0.4) is 0 Å². The number of rotatable bonds is 5. The molecular formula is C17H15BN2O5S. The number of aromatic nitrogens is 2. The number of carbonyl (C=O) groups is 1. The maximum absolute atomic E-state index is 11.8. The lowest BCUT2D eigenvalue weighted by molar-refractivity contribution is 0.0597. The van der Waals surface area contributed by atoms with Crippen molar-refractivity contribution in [3.05, 3.63) is 47.6 Å². The monoisotopic (exact) mass is 370 g/mol. The molecule has 0 bridgehead atoms. The minimum absolute atomic E-state index is 0.322. The van der Waals surface area contributed by atoms with Crippen LogP contribution in [0.4, 0.5) is 0 Å². The van der Waals surface area contributed by atoms with Gasteiger partial charge in [-0.2, -0.15) is 0 Å². The molecule has 0 fully saturated rings. The summed E-state index contributed by atoms with van der Waals surface area (Å²) in [6, 6.07) is 6.70. The molecule has 0 spiro atoms. The Bertz CT molecular complexity index is 944. The highest BCUT2D eigenvalue weighted by atomic mass is 32.1. The Kier molecular flexibility index (Phi) is 5.31. The highest BCUT2D eigenvalue weighted by Crippen LogP contribution is 2.28. The predicted octanol–water partition coefficient (Wildman–Crippen LogP) is 1.35. The van der Waals surface area contributed by atoms with Crippen molar-refractivity contribution < 1.29 is 24.3 Å². The zero-order chi connectivity index (χ0) is 18.7. The van der Waals surface area contributed by atoms with Crippen LogP contribution < -0.4 is 10.2 Å². The van der Waals surface area contributed by atoms with E-state index in [1.54, 1.807) is 42.0 Å². The van der Waals surface area contributed by atoms with E-state index in [4.69, 9.17) is 9.47 Å². The smallest absolute Gasteiger partial charge is 0.489 e. The quantitative estimate of drug-likeness (QED) is 0.516. The van der Waals surface area contributed by atoms with E-state index in [1.165, 1.54) is 25.6 Å². The molecule has 0 amide bonds. The van der Waals surface area contributed by atoms with Gasteiger partial charge in [0, 0.05) is 5.56 Å². The Morgan fingerprint density at radius 2 is 1.92 bits per heavy atom. The first-order valence-electron chi connectivity index (χ1n) is 7.57. The third-order valence-corrected chi connectivity index (χ3v) is 4.68. The summed E-state index contributed by atoms with van der Waals surface area (Å²) < 4.78 is 10.0. The predicted molar refractivity (Wildman–Crippen MR) is 98.5 cm³/mol. The second-order valence-electron chi connectivity index (χ2n) is 5.31. The lowest BCUT2D eigenvalue weighted by atomic mass is 9.82. The Morgan fingerprint density at radius 3 is 2.58 bits per heavy atom. The molecular weight excluding hydrogens is 355 g/mol. The Balaban J connectivity index is 1.98. The summed E-state index contributed by atoms with van der Waals surface area (Å²) in [5, 5.41) is 20.1. The highest BCUT2D eigenvalue weighted by Gasteiger charge is 2.16. The average molecular weight is 370 g/mol. The van der Waals surface area contributed by atoms with Crippen molar-refractivity contribution >= 4 is 29.9 Å². The standard InChI is InChI=1S/C17H15BN2O5S/c1-24-15-5-10(3-4-12(15)17(21)25-2)13-7-19-8-14(20-13)16-6-11(9-26-16)18(22)23/h3-9,22-23H,1-2H3. The van der Waals surface area contributed by atoms with Crippen LogP contribution in [-0.2, 0) is 4.74 Å². The van der Waals surface area contributed by atoms with Crippen molar-refractivity contribution in [1.29, 1.82) is 0 Å². The molecule has 0 aliphatic carbocycles. The number of methoxy groups -OCH3 is 2. The summed E-state index contributed by atoms with van der Waals surface area (Å²) in [6.45, 7) is 0. The lowest BCUT2D eigenvalue weighted by Gasteiger charge is -2.09. The molecule has 0 aliphatic heterocycles. The van der Waals surface area contributed by atoms with Crippen molar-refractivity contribution in [2.24, 2.45) is 0 Å². The minimum atomic E-state index is -1.52. The van der Waals surface area contributed by atoms with Gasteiger partial charge in [0.2, 0.25) is 0 Å². The van der Waals surface area contributed by atoms with Gasteiger partial charge >= 0.3 is 13.1 Å². The minimum Gasteiger partial charge on any atom is -0.496 e. The van der Waals surface area contributed by atoms with Crippen LogP contribution in [0.25, 0.3) is 21.8 Å². The van der Waals surface area contributed by atoms with E-state index in [9.17, 15) is 14.8 Å². The van der Waals surface area contributed by atoms with Crippen molar-refractivity contribution in [1.82, 2.24) is 9.97 Å². The summed E-state index contributed by atoms with van der Waals surface area (Å²) in [5.74, 6) is -0.106. The topological polar surface area (TPSA) is 102 Å². The van der Waals surface area contributed by atoms with E-state index in [0.29, 0.717) is 28.2 Å². The number of benzene rings is 1. The molecule has 0 saturated heterocycles. The zero-order valence-corrected chi connectivity index (χ0v) is 14.9. The maximum Gasteiger partial charge on any atom is 0.489 e. The van der Waals surface area contributed by atoms with E-state index in [-0.39, 0.29) is 0 Å². The van der Waals surface area contributed by atoms with Gasteiger partial charge < -0.3 is 19.5 Å². The summed E-state index contributed by atoms with van der Waals surface area (Å²) in [5.41, 5.74) is 2.65. The highest BCUT2D eigenvalue weighted by molar-refractivity contribution is 7.14. The molecule has 2 heterocycles. The summed E-state index contributed by atoms with van der Waals surface area (Å²) in [4.78, 5) is 21.3. The Hall–Kier alpha value is -2.75. The van der Waals surface area contributed by atoms with E-state index in [1.807, 2.05) is 0 Å². The molecule has 9 heteroatoms. The fourth-order valence-electron chi connectivity index (χ4n) is 2.37. The normalized spacial score (nSPS) is 10.5. The van der Waals surface area contributed by atoms with E-state index in [0.717, 1.165) is 10.4 Å². The molecule has 0 saturated carbocycles. The number of carbonyl (C=O) groups excluding carboxylic acids is 1. The van der Waals surface area contributed by atoms with Crippen LogP contribution in [0.5, 0.6) is 5.75 Å². The van der Waals surface area contributed by atoms with Gasteiger partial charge in [-0.15, -0.1) is 11.3 Å². The Morgan fingerprint density at radius 1 is 1.15 bits per heavy atom. The maximum atomic E-state index is 11.8. The second kappa shape index (κ2) is 7.65. The first-order chi connectivity index (χ1) is 12.5. The fraction of sp³-hybridized carbons (Fsp3) is 0.118. The van der Waals surface area contributed by atoms with E-state index < -0.39 is 13.1 Å². The van der Waals surface area contributed by atoms with Crippen LogP contribution in [0.1, 0.15) is 10.4 Å². The third kappa shape index (κ3) is 3.59. The fourth-order valence-corrected chi connectivity index (χ4v) is 3.25. The van der Waals surface area contributed by atoms with Gasteiger partial charge in [-0.25, -0.2) is 9.78 Å². The summed E-state index contributed by atoms with van der Waals surface area (Å²) in [6.07, 6.45) is 3.20. The molecule has 0 radical (unpaired) electrons. The number of hydrogen-bond donors (Lipinski definition) is 2. The molecule has 3 rings (SSSR count). The molecule has 132 valence electrons. The van der Waals surface area contributed by atoms with Crippen LogP contribution >= 0.6 is 11.3 Å². The van der Waals surface area contributed by atoms with E-state index >= 15 is 0 Å². The van der Waals surface area contributed by atoms with Crippen LogP contribution in [0.15, 0.2) is 42.0 Å². The molecule has 0 atom stereocenters. The summed E-state index contributed by atoms with van der Waals surface area (Å²) >= 11 is 1.34. The molecule has 7 nitrogen and oxygen atoms in total. The SMILES string of the molecule is COC(=O)c1ccc(-c2cncc(-c3cc(B(O)O)cs3)n2)cc1OC. The molecule has 2 N–H and O–H groups in total. The van der Waals surface area contributed by atoms with Gasteiger partial charge in [0.1, 0.15) is 11.3 Å². The van der Waals surface area contributed by atoms with Crippen LogP contribution in [0.2, 0.25) is 0 Å². The third-order valence-electron chi connectivity index (χ3n) is 3.71. The second-order valence-corrected chi connectivity index (χ2v) is 6.23. The first-order valence-corrected chi connectivity index (χ1v) is 8.45. The number of esters is 1. The number of hydrogen-bond acceptors (Lipinski definition) is 8. The van der Waals surface area contributed by atoms with Crippen molar-refractivity contribution in [2.45, 2.75) is 0 Å². The van der Waals surface area contributed by atoms with Gasteiger partial charge in [-0.3, -0.25) is 4.98 Å². The molecule has 26 heavy (non-hydrogen) atoms. The van der Waals surface area contributed by atoms with Crippen LogP contribution in [0, 0.1) is 0 Å². The van der Waals surface area contributed by atoms with Gasteiger partial charge in [0.25, 0.3) is 0 Å². The average Bonchev–Trinajstić information content (AvgIpc) is 3.17. The molecule has 2 aromatic heterocycles. The number of thiophene rings is 1. The van der Waals surface area contributed by atoms with Gasteiger partial charge in [-0.05, 0) is 29.0 Å². The van der Waals surface area contributed by atoms with Crippen LogP contribution in [-0.4, -0.2) is 47.3 Å². The van der Waals surface area contributed by atoms with Crippen molar-refractivity contribution in [3.8, 4) is 27.6 Å². The number of nitrogens with zero attached hydrogens (tertiary/aromatic N) is 2. The number of ether oxygens (including phenoxy) is 2. The lowest BCUT2D eigenvalue weighted by Crippen LogP contribution is -2.27. The largest absolute Gasteiger partial charge is 0.496 e. The molecule has 3 aromatic rings. The Labute approximate surface area is 154 Å².